The molecule has 0 radical (unpaired) electrons. The average molecular weight is 380 g/mol. The lowest BCUT2D eigenvalue weighted by atomic mass is 10.2. The maximum atomic E-state index is 11.9. The minimum atomic E-state index is -0.747. The van der Waals surface area contributed by atoms with E-state index in [1.165, 1.54) is 7.11 Å². The predicted octanol–water partition coefficient (Wildman–Crippen LogP) is 2.57. The topological polar surface area (TPSA) is 82.2 Å². The van der Waals surface area contributed by atoms with Crippen molar-refractivity contribution in [2.75, 3.05) is 19.0 Å². The smallest absolute Gasteiger partial charge is 0.244 e. The summed E-state index contributed by atoms with van der Waals surface area (Å²) in [6.45, 7) is 0.515. The van der Waals surface area contributed by atoms with Gasteiger partial charge in [0.25, 0.3) is 0 Å². The highest BCUT2D eigenvalue weighted by molar-refractivity contribution is 6.42. The lowest BCUT2D eigenvalue weighted by Gasteiger charge is -2.13. The highest BCUT2D eigenvalue weighted by atomic mass is 35.5. The van der Waals surface area contributed by atoms with Gasteiger partial charge in [-0.15, -0.1) is 12.4 Å². The van der Waals surface area contributed by atoms with Crippen molar-refractivity contribution in [2.45, 2.75) is 12.6 Å². The Balaban J connectivity index is 0.00000264. The van der Waals surface area contributed by atoms with E-state index in [4.69, 9.17) is 33.7 Å². The molecular weight excluding hydrogens is 363 g/mol. The van der Waals surface area contributed by atoms with Gasteiger partial charge < -0.3 is 15.8 Å². The Kier molecular flexibility index (Phi) is 7.81. The first kappa shape index (κ1) is 19.7. The molecule has 1 atom stereocenters. The van der Waals surface area contributed by atoms with E-state index in [0.717, 1.165) is 5.56 Å². The molecule has 1 unspecified atom stereocenters. The number of carbonyl (C=O) groups is 1. The number of benzene rings is 1. The molecule has 2 rings (SSSR count). The summed E-state index contributed by atoms with van der Waals surface area (Å²) in [5.41, 5.74) is 6.49. The fraction of sp³-hybridized carbons (Fsp3) is 0.286. The Morgan fingerprint density at radius 2 is 2.17 bits per heavy atom. The molecule has 1 amide bonds. The Morgan fingerprint density at radius 1 is 1.43 bits per heavy atom. The van der Waals surface area contributed by atoms with Crippen LogP contribution < -0.4 is 11.1 Å². The average Bonchev–Trinajstić information content (AvgIpc) is 2.91. The van der Waals surface area contributed by atoms with Crippen LogP contribution in [0.25, 0.3) is 0 Å². The number of methoxy groups -OCH3 is 1. The number of hydrogen-bond acceptors (Lipinski definition) is 4. The first-order valence-electron chi connectivity index (χ1n) is 6.53. The van der Waals surface area contributed by atoms with Crippen molar-refractivity contribution in [3.05, 3.63) is 46.1 Å². The Morgan fingerprint density at radius 3 is 2.87 bits per heavy atom. The van der Waals surface area contributed by atoms with Crippen molar-refractivity contribution in [3.8, 4) is 0 Å². The maximum absolute atomic E-state index is 11.9. The van der Waals surface area contributed by atoms with Crippen LogP contribution in [0.3, 0.4) is 0 Å². The van der Waals surface area contributed by atoms with E-state index in [-0.39, 0.29) is 24.9 Å². The van der Waals surface area contributed by atoms with Crippen LogP contribution in [0.15, 0.2) is 30.5 Å². The molecule has 0 spiro atoms. The number of amides is 1. The summed E-state index contributed by atoms with van der Waals surface area (Å²) in [5.74, 6) is 0.174. The van der Waals surface area contributed by atoms with Gasteiger partial charge in [0.1, 0.15) is 11.9 Å². The quantitative estimate of drug-likeness (QED) is 0.808. The number of rotatable bonds is 6. The summed E-state index contributed by atoms with van der Waals surface area (Å²) in [6.07, 6.45) is 1.58. The molecule has 23 heavy (non-hydrogen) atoms. The summed E-state index contributed by atoms with van der Waals surface area (Å²) < 4.78 is 6.46. The third-order valence-electron chi connectivity index (χ3n) is 3.00. The van der Waals surface area contributed by atoms with Crippen molar-refractivity contribution in [3.63, 3.8) is 0 Å². The number of nitrogens with zero attached hydrogens (tertiary/aromatic N) is 2. The second-order valence-corrected chi connectivity index (χ2v) is 5.42. The Labute approximate surface area is 150 Å². The number of hydrogen-bond donors (Lipinski definition) is 2. The van der Waals surface area contributed by atoms with Crippen LogP contribution in [0.4, 0.5) is 5.82 Å². The molecule has 126 valence electrons. The highest BCUT2D eigenvalue weighted by Gasteiger charge is 2.16. The van der Waals surface area contributed by atoms with Gasteiger partial charge in [-0.2, -0.15) is 5.10 Å². The predicted molar refractivity (Wildman–Crippen MR) is 93.5 cm³/mol. The Hall–Kier alpha value is -1.31. The standard InChI is InChI=1S/C14H16Cl2N4O2.ClH/c1-22-8-11(17)14(21)19-12-5-6-18-20(12)7-9-3-2-4-10(15)13(9)16;/h2-6,11H,7-8,17H2,1H3,(H,19,21);1H. The molecule has 0 saturated carbocycles. The molecule has 0 aliphatic rings. The van der Waals surface area contributed by atoms with Crippen LogP contribution >= 0.6 is 35.6 Å². The van der Waals surface area contributed by atoms with Gasteiger partial charge in [0.15, 0.2) is 0 Å². The molecule has 2 aromatic rings. The zero-order chi connectivity index (χ0) is 16.1. The van der Waals surface area contributed by atoms with Crippen LogP contribution in [0.5, 0.6) is 0 Å². The van der Waals surface area contributed by atoms with Gasteiger partial charge >= 0.3 is 0 Å². The molecule has 1 aromatic heterocycles. The first-order valence-corrected chi connectivity index (χ1v) is 7.28. The van der Waals surface area contributed by atoms with Crippen LogP contribution in [-0.2, 0) is 16.1 Å². The molecular formula is C14H17Cl3N4O2. The lowest BCUT2D eigenvalue weighted by molar-refractivity contribution is -0.118. The largest absolute Gasteiger partial charge is 0.383 e. The van der Waals surface area contributed by atoms with Crippen LogP contribution in [0.1, 0.15) is 5.56 Å². The number of anilines is 1. The lowest BCUT2D eigenvalue weighted by Crippen LogP contribution is -2.39. The molecule has 3 N–H and O–H groups in total. The van der Waals surface area contributed by atoms with Crippen LogP contribution in [-0.4, -0.2) is 35.4 Å². The van der Waals surface area contributed by atoms with Crippen molar-refractivity contribution >= 4 is 47.3 Å². The van der Waals surface area contributed by atoms with Crippen molar-refractivity contribution in [2.24, 2.45) is 5.73 Å². The summed E-state index contributed by atoms with van der Waals surface area (Å²) >= 11 is 12.2. The molecule has 0 saturated heterocycles. The van der Waals surface area contributed by atoms with Gasteiger partial charge in [0.05, 0.1) is 29.4 Å². The molecule has 6 nitrogen and oxygen atoms in total. The third kappa shape index (κ3) is 5.09. The number of nitrogens with two attached hydrogens (primary N) is 1. The molecule has 0 aliphatic heterocycles. The summed E-state index contributed by atoms with van der Waals surface area (Å²) in [4.78, 5) is 11.9. The molecule has 0 aliphatic carbocycles. The molecule has 0 fully saturated rings. The first-order chi connectivity index (χ1) is 10.5. The van der Waals surface area contributed by atoms with Gasteiger partial charge in [-0.3, -0.25) is 4.79 Å². The molecule has 9 heteroatoms. The van der Waals surface area contributed by atoms with E-state index in [0.29, 0.717) is 22.4 Å². The SMILES string of the molecule is COCC(N)C(=O)Nc1ccnn1Cc1cccc(Cl)c1Cl.Cl. The minimum Gasteiger partial charge on any atom is -0.383 e. The van der Waals surface area contributed by atoms with Crippen molar-refractivity contribution < 1.29 is 9.53 Å². The zero-order valence-electron chi connectivity index (χ0n) is 12.3. The maximum Gasteiger partial charge on any atom is 0.244 e. The normalized spacial score (nSPS) is 11.7. The van der Waals surface area contributed by atoms with Gasteiger partial charge in [0, 0.05) is 13.2 Å². The van der Waals surface area contributed by atoms with Crippen LogP contribution in [0, 0.1) is 0 Å². The molecule has 1 aromatic carbocycles. The van der Waals surface area contributed by atoms with E-state index in [1.807, 2.05) is 6.07 Å². The van der Waals surface area contributed by atoms with E-state index in [9.17, 15) is 4.79 Å². The van der Waals surface area contributed by atoms with Gasteiger partial charge in [-0.25, -0.2) is 4.68 Å². The Bertz CT molecular complexity index is 663. The van der Waals surface area contributed by atoms with Crippen molar-refractivity contribution in [1.29, 1.82) is 0 Å². The molecule has 1 heterocycles. The summed E-state index contributed by atoms with van der Waals surface area (Å²) in [5, 5.41) is 7.82. The molecule has 0 bridgehead atoms. The van der Waals surface area contributed by atoms with Gasteiger partial charge in [0.2, 0.25) is 5.91 Å². The van der Waals surface area contributed by atoms with E-state index in [1.54, 1.807) is 29.1 Å². The van der Waals surface area contributed by atoms with Crippen LogP contribution in [0.2, 0.25) is 10.0 Å². The fourth-order valence-corrected chi connectivity index (χ4v) is 2.25. The van der Waals surface area contributed by atoms with E-state index < -0.39 is 6.04 Å². The number of carbonyl (C=O) groups excluding carboxylic acids is 1. The van der Waals surface area contributed by atoms with Gasteiger partial charge in [-0.05, 0) is 11.6 Å². The highest BCUT2D eigenvalue weighted by Crippen LogP contribution is 2.26. The fourth-order valence-electron chi connectivity index (χ4n) is 1.87. The van der Waals surface area contributed by atoms with E-state index >= 15 is 0 Å². The third-order valence-corrected chi connectivity index (χ3v) is 3.86. The number of aromatic nitrogens is 2. The zero-order valence-corrected chi connectivity index (χ0v) is 14.7. The van der Waals surface area contributed by atoms with Crippen molar-refractivity contribution in [1.82, 2.24) is 9.78 Å². The minimum absolute atomic E-state index is 0. The monoisotopic (exact) mass is 378 g/mol. The number of halogens is 3. The van der Waals surface area contributed by atoms with Gasteiger partial charge in [-0.1, -0.05) is 35.3 Å². The number of nitrogens with one attached hydrogen (secondary N) is 1. The second kappa shape index (κ2) is 9.10. The number of ether oxygens (including phenoxy) is 1. The van der Waals surface area contributed by atoms with E-state index in [2.05, 4.69) is 10.4 Å². The summed E-state index contributed by atoms with van der Waals surface area (Å²) in [6, 6.07) is 6.29. The summed E-state index contributed by atoms with van der Waals surface area (Å²) in [7, 11) is 1.48. The second-order valence-electron chi connectivity index (χ2n) is 4.64.